The minimum Gasteiger partial charge on any atom is -0.378 e. The van der Waals surface area contributed by atoms with Crippen LogP contribution in [0.5, 0.6) is 0 Å². The first kappa shape index (κ1) is 26.1. The molecule has 0 aliphatic carbocycles. The van der Waals surface area contributed by atoms with E-state index in [4.69, 9.17) is 28.6 Å². The number of nitro groups is 1. The van der Waals surface area contributed by atoms with Gasteiger partial charge in [0.05, 0.1) is 40.1 Å². The third-order valence-electron chi connectivity index (χ3n) is 6.38. The van der Waals surface area contributed by atoms with Gasteiger partial charge < -0.3 is 24.8 Å². The number of hydrogen-bond acceptors (Lipinski definition) is 8. The second-order valence-electron chi connectivity index (χ2n) is 8.55. The molecule has 2 heterocycles. The summed E-state index contributed by atoms with van der Waals surface area (Å²) in [5.41, 5.74) is 2.20. The van der Waals surface area contributed by atoms with Crippen LogP contribution in [0.4, 0.5) is 22.7 Å². The van der Waals surface area contributed by atoms with Gasteiger partial charge in [-0.1, -0.05) is 18.5 Å². The first-order valence-corrected chi connectivity index (χ1v) is 12.6. The summed E-state index contributed by atoms with van der Waals surface area (Å²) in [7, 11) is 0. The summed E-state index contributed by atoms with van der Waals surface area (Å²) in [6.07, 6.45) is 0. The number of nitro benzene ring substituents is 1. The summed E-state index contributed by atoms with van der Waals surface area (Å²) in [6, 6.07) is 9.82. The van der Waals surface area contributed by atoms with E-state index in [0.717, 1.165) is 38.4 Å². The van der Waals surface area contributed by atoms with Crippen LogP contribution in [0.25, 0.3) is 0 Å². The predicted octanol–water partition coefficient (Wildman–Crippen LogP) is 3.35. The van der Waals surface area contributed by atoms with Crippen LogP contribution in [0.1, 0.15) is 17.3 Å². The van der Waals surface area contributed by atoms with Crippen molar-refractivity contribution in [3.05, 3.63) is 57.1 Å². The van der Waals surface area contributed by atoms with Crippen molar-refractivity contribution >= 4 is 57.6 Å². The average molecular weight is 533 g/mol. The van der Waals surface area contributed by atoms with Crippen molar-refractivity contribution in [2.45, 2.75) is 6.92 Å². The third-order valence-corrected chi connectivity index (χ3v) is 6.89. The molecule has 0 spiro atoms. The Bertz CT molecular complexity index is 1140. The van der Waals surface area contributed by atoms with Gasteiger partial charge in [-0.2, -0.15) is 0 Å². The number of carbonyl (C=O) groups excluding carboxylic acids is 1. The normalized spacial score (nSPS) is 16.5. The van der Waals surface area contributed by atoms with E-state index < -0.39 is 10.8 Å². The Morgan fingerprint density at radius 2 is 1.72 bits per heavy atom. The largest absolute Gasteiger partial charge is 0.378 e. The molecular weight excluding hydrogens is 504 g/mol. The number of ether oxygens (including phenoxy) is 1. The zero-order valence-corrected chi connectivity index (χ0v) is 21.6. The molecule has 36 heavy (non-hydrogen) atoms. The summed E-state index contributed by atoms with van der Waals surface area (Å²) in [5, 5.41) is 17.6. The summed E-state index contributed by atoms with van der Waals surface area (Å²) in [6.45, 7) is 9.20. The smallest absolute Gasteiger partial charge is 0.270 e. The molecule has 192 valence electrons. The Morgan fingerprint density at radius 1 is 1.06 bits per heavy atom. The number of morpholine rings is 1. The van der Waals surface area contributed by atoms with E-state index in [1.807, 2.05) is 17.0 Å². The molecule has 2 aliphatic rings. The van der Waals surface area contributed by atoms with Crippen molar-refractivity contribution in [2.24, 2.45) is 0 Å². The van der Waals surface area contributed by atoms with Crippen molar-refractivity contribution < 1.29 is 14.5 Å². The van der Waals surface area contributed by atoms with E-state index in [9.17, 15) is 14.9 Å². The fourth-order valence-corrected chi connectivity index (χ4v) is 4.89. The van der Waals surface area contributed by atoms with Crippen LogP contribution >= 0.6 is 23.8 Å². The summed E-state index contributed by atoms with van der Waals surface area (Å²) in [5.74, 6) is -0.533. The van der Waals surface area contributed by atoms with Crippen LogP contribution in [0.3, 0.4) is 0 Å². The molecule has 2 aromatic carbocycles. The lowest BCUT2D eigenvalue weighted by Crippen LogP contribution is -2.46. The molecule has 0 bridgehead atoms. The fraction of sp³-hybridized carbons (Fsp3) is 0.417. The number of carbonyl (C=O) groups is 1. The maximum absolute atomic E-state index is 13.1. The number of non-ortho nitro benzene ring substituents is 1. The van der Waals surface area contributed by atoms with Crippen LogP contribution in [0.2, 0.25) is 5.02 Å². The molecule has 0 atom stereocenters. The molecule has 1 amide bonds. The SMILES string of the molecule is CCN1CCN(c2ccc(NC(=S)NC(=O)c3cc([N+](=O)[O-])ccc3N3CCOCC3)cc2Cl)CC1. The highest BCUT2D eigenvalue weighted by atomic mass is 35.5. The van der Waals surface area contributed by atoms with Gasteiger partial charge in [-0.3, -0.25) is 20.2 Å². The molecule has 0 unspecified atom stereocenters. The number of halogens is 1. The van der Waals surface area contributed by atoms with Crippen molar-refractivity contribution in [1.29, 1.82) is 0 Å². The van der Waals surface area contributed by atoms with E-state index in [0.29, 0.717) is 42.7 Å². The molecule has 0 radical (unpaired) electrons. The Labute approximate surface area is 220 Å². The number of anilines is 3. The number of benzene rings is 2. The second kappa shape index (κ2) is 11.8. The summed E-state index contributed by atoms with van der Waals surface area (Å²) < 4.78 is 5.38. The fourth-order valence-electron chi connectivity index (χ4n) is 4.38. The van der Waals surface area contributed by atoms with E-state index >= 15 is 0 Å². The Hall–Kier alpha value is -2.99. The van der Waals surface area contributed by atoms with Gasteiger partial charge in [0, 0.05) is 57.1 Å². The molecule has 4 rings (SSSR count). The molecule has 12 heteroatoms. The zero-order valence-electron chi connectivity index (χ0n) is 20.0. The molecule has 2 N–H and O–H groups in total. The Balaban J connectivity index is 1.44. The highest BCUT2D eigenvalue weighted by Crippen LogP contribution is 2.30. The Kier molecular flexibility index (Phi) is 8.57. The number of nitrogens with one attached hydrogen (secondary N) is 2. The first-order valence-electron chi connectivity index (χ1n) is 11.9. The lowest BCUT2D eigenvalue weighted by atomic mass is 10.1. The number of nitrogens with zero attached hydrogens (tertiary/aromatic N) is 4. The zero-order chi connectivity index (χ0) is 25.7. The number of thiocarbonyl (C=S) groups is 1. The van der Waals surface area contributed by atoms with E-state index in [1.54, 1.807) is 12.1 Å². The number of likely N-dealkylation sites (N-methyl/N-ethyl adjacent to an activating group) is 1. The standard InChI is InChI=1S/C24H29ClN6O4S/c1-2-28-7-9-29(10-8-28)22-5-3-17(15-20(22)25)26-24(36)27-23(32)19-16-18(31(33)34)4-6-21(19)30-11-13-35-14-12-30/h3-6,15-16H,2,7-14H2,1H3,(H2,26,27,32,36). The van der Waals surface area contributed by atoms with Crippen LogP contribution in [-0.2, 0) is 4.74 Å². The monoisotopic (exact) mass is 532 g/mol. The molecule has 0 aromatic heterocycles. The molecular formula is C24H29ClN6O4S. The Morgan fingerprint density at radius 3 is 2.36 bits per heavy atom. The quantitative estimate of drug-likeness (QED) is 0.329. The summed E-state index contributed by atoms with van der Waals surface area (Å²) >= 11 is 11.9. The van der Waals surface area contributed by atoms with Crippen LogP contribution in [-0.4, -0.2) is 79.9 Å². The maximum Gasteiger partial charge on any atom is 0.270 e. The molecule has 2 aliphatic heterocycles. The lowest BCUT2D eigenvalue weighted by molar-refractivity contribution is -0.384. The second-order valence-corrected chi connectivity index (χ2v) is 9.37. The van der Waals surface area contributed by atoms with Gasteiger partial charge in [-0.05, 0) is 43.0 Å². The summed E-state index contributed by atoms with van der Waals surface area (Å²) in [4.78, 5) is 30.5. The molecule has 10 nitrogen and oxygen atoms in total. The van der Waals surface area contributed by atoms with Gasteiger partial charge in [0.25, 0.3) is 11.6 Å². The van der Waals surface area contributed by atoms with Gasteiger partial charge in [0.2, 0.25) is 0 Å². The molecule has 0 saturated carbocycles. The van der Waals surface area contributed by atoms with E-state index in [1.165, 1.54) is 12.1 Å². The van der Waals surface area contributed by atoms with Crippen molar-refractivity contribution in [3.8, 4) is 0 Å². The van der Waals surface area contributed by atoms with Crippen LogP contribution < -0.4 is 20.4 Å². The van der Waals surface area contributed by atoms with Gasteiger partial charge in [0.15, 0.2) is 5.11 Å². The minimum atomic E-state index is -0.533. The number of hydrogen-bond donors (Lipinski definition) is 2. The van der Waals surface area contributed by atoms with Gasteiger partial charge in [-0.25, -0.2) is 0 Å². The number of piperazine rings is 1. The first-order chi connectivity index (χ1) is 17.4. The van der Waals surface area contributed by atoms with Gasteiger partial charge in [-0.15, -0.1) is 0 Å². The molecule has 2 fully saturated rings. The van der Waals surface area contributed by atoms with Gasteiger partial charge in [0.1, 0.15) is 0 Å². The van der Waals surface area contributed by atoms with Crippen LogP contribution in [0, 0.1) is 10.1 Å². The van der Waals surface area contributed by atoms with Crippen molar-refractivity contribution in [2.75, 3.05) is 74.1 Å². The van der Waals surface area contributed by atoms with Gasteiger partial charge >= 0.3 is 0 Å². The van der Waals surface area contributed by atoms with E-state index in [-0.39, 0.29) is 16.4 Å². The molecule has 2 aromatic rings. The molecule has 2 saturated heterocycles. The van der Waals surface area contributed by atoms with Crippen molar-refractivity contribution in [1.82, 2.24) is 10.2 Å². The maximum atomic E-state index is 13.1. The number of amides is 1. The number of rotatable bonds is 6. The predicted molar refractivity (Wildman–Crippen MR) is 146 cm³/mol. The van der Waals surface area contributed by atoms with E-state index in [2.05, 4.69) is 27.4 Å². The topological polar surface area (TPSA) is 103 Å². The average Bonchev–Trinajstić information content (AvgIpc) is 2.89. The highest BCUT2D eigenvalue weighted by molar-refractivity contribution is 7.80. The minimum absolute atomic E-state index is 0.0693. The third kappa shape index (κ3) is 6.22. The highest BCUT2D eigenvalue weighted by Gasteiger charge is 2.23. The van der Waals surface area contributed by atoms with Crippen LogP contribution in [0.15, 0.2) is 36.4 Å². The van der Waals surface area contributed by atoms with Crippen molar-refractivity contribution in [3.63, 3.8) is 0 Å². The lowest BCUT2D eigenvalue weighted by Gasteiger charge is -2.36.